The molecule has 0 unspecified atom stereocenters. The number of carbonyl (C=O) groups excluding carboxylic acids is 1. The number of amides is 1. The highest BCUT2D eigenvalue weighted by atomic mass is 35.5. The Morgan fingerprint density at radius 1 is 1.04 bits per heavy atom. The van der Waals surface area contributed by atoms with E-state index < -0.39 is 11.6 Å². The lowest BCUT2D eigenvalue weighted by molar-refractivity contribution is 0.101. The van der Waals surface area contributed by atoms with Gasteiger partial charge in [0.1, 0.15) is 0 Å². The molecule has 0 saturated heterocycles. The maximum absolute atomic E-state index is 12.3. The number of rotatable bonds is 3. The second-order valence-corrected chi connectivity index (χ2v) is 5.95. The molecule has 3 aromatic rings. The topological polar surface area (TPSA) is 79.8 Å². The molecule has 24 heavy (non-hydrogen) atoms. The van der Waals surface area contributed by atoms with Gasteiger partial charge in [0.15, 0.2) is 0 Å². The van der Waals surface area contributed by atoms with Gasteiger partial charge in [-0.3, -0.25) is 9.78 Å². The molecule has 0 bridgehead atoms. The fraction of sp³-hybridized carbons (Fsp3) is 0. The van der Waals surface area contributed by atoms with Gasteiger partial charge in [-0.15, -0.1) is 5.10 Å². The summed E-state index contributed by atoms with van der Waals surface area (Å²) in [6, 6.07) is 11.5. The first-order valence-corrected chi connectivity index (χ1v) is 7.80. The Kier molecular flexibility index (Phi) is 4.62. The average molecular weight is 384 g/mol. The second kappa shape index (κ2) is 6.68. The van der Waals surface area contributed by atoms with Crippen LogP contribution in [0.1, 0.15) is 10.6 Å². The quantitative estimate of drug-likeness (QED) is 0.676. The number of hydrogen-bond donors (Lipinski definition) is 2. The molecule has 6 nitrogen and oxygen atoms in total. The third-order valence-electron chi connectivity index (χ3n) is 3.09. The van der Waals surface area contributed by atoms with Crippen LogP contribution in [-0.4, -0.2) is 20.7 Å². The van der Waals surface area contributed by atoms with Crippen LogP contribution in [0.5, 0.6) is 0 Å². The summed E-state index contributed by atoms with van der Waals surface area (Å²) in [4.78, 5) is 26.6. The molecule has 122 valence electrons. The largest absolute Gasteiger partial charge is 0.348 e. The van der Waals surface area contributed by atoms with Crippen molar-refractivity contribution in [1.82, 2.24) is 14.8 Å². The van der Waals surface area contributed by atoms with Gasteiger partial charge in [-0.25, -0.2) is 4.79 Å². The number of benzene rings is 2. The summed E-state index contributed by atoms with van der Waals surface area (Å²) in [5.41, 5.74) is 0.253. The summed E-state index contributed by atoms with van der Waals surface area (Å²) in [5, 5.41) is 7.22. The number of nitrogens with zero attached hydrogens (tertiary/aromatic N) is 2. The van der Waals surface area contributed by atoms with Gasteiger partial charge in [0.05, 0.1) is 26.4 Å². The van der Waals surface area contributed by atoms with Crippen LogP contribution in [0.4, 0.5) is 5.69 Å². The van der Waals surface area contributed by atoms with Gasteiger partial charge in [-0.1, -0.05) is 53.0 Å². The molecule has 1 amide bonds. The normalized spacial score (nSPS) is 10.6. The van der Waals surface area contributed by atoms with Crippen molar-refractivity contribution in [3.05, 3.63) is 73.8 Å². The summed E-state index contributed by atoms with van der Waals surface area (Å²) in [6.07, 6.45) is 0. The minimum atomic E-state index is -0.637. The number of para-hydroxylation sites is 1. The van der Waals surface area contributed by atoms with Crippen LogP contribution < -0.4 is 11.0 Å². The number of hydrogen-bond acceptors (Lipinski definition) is 3. The maximum Gasteiger partial charge on any atom is 0.348 e. The van der Waals surface area contributed by atoms with E-state index in [1.54, 1.807) is 30.3 Å². The molecular formula is C15H9Cl3N4O2. The van der Waals surface area contributed by atoms with E-state index in [1.807, 2.05) is 0 Å². The van der Waals surface area contributed by atoms with E-state index in [4.69, 9.17) is 34.8 Å². The zero-order valence-corrected chi connectivity index (χ0v) is 14.2. The van der Waals surface area contributed by atoms with E-state index in [0.29, 0.717) is 5.69 Å². The molecule has 0 aliphatic heterocycles. The summed E-state index contributed by atoms with van der Waals surface area (Å²) in [5.74, 6) is -0.798. The first-order chi connectivity index (χ1) is 11.5. The summed E-state index contributed by atoms with van der Waals surface area (Å²) >= 11 is 17.8. The molecular weight excluding hydrogens is 375 g/mol. The van der Waals surface area contributed by atoms with Gasteiger partial charge in [0.25, 0.3) is 5.91 Å². The minimum absolute atomic E-state index is 0.161. The van der Waals surface area contributed by atoms with E-state index in [2.05, 4.69) is 15.4 Å². The van der Waals surface area contributed by atoms with Crippen molar-refractivity contribution in [3.63, 3.8) is 0 Å². The van der Waals surface area contributed by atoms with Crippen LogP contribution in [0.3, 0.4) is 0 Å². The van der Waals surface area contributed by atoms with Gasteiger partial charge in [0.2, 0.25) is 5.82 Å². The van der Waals surface area contributed by atoms with Crippen molar-refractivity contribution in [3.8, 4) is 5.69 Å². The lowest BCUT2D eigenvalue weighted by atomic mass is 10.3. The van der Waals surface area contributed by atoms with Gasteiger partial charge in [-0.2, -0.15) is 4.68 Å². The number of aromatic nitrogens is 3. The molecule has 2 N–H and O–H groups in total. The molecule has 2 aromatic carbocycles. The van der Waals surface area contributed by atoms with Crippen LogP contribution in [0.15, 0.2) is 47.3 Å². The second-order valence-electron chi connectivity index (χ2n) is 4.73. The van der Waals surface area contributed by atoms with Gasteiger partial charge >= 0.3 is 5.69 Å². The minimum Gasteiger partial charge on any atom is -0.318 e. The zero-order chi connectivity index (χ0) is 17.3. The predicted octanol–water partition coefficient (Wildman–Crippen LogP) is 3.77. The van der Waals surface area contributed by atoms with Crippen molar-refractivity contribution in [2.24, 2.45) is 0 Å². The third kappa shape index (κ3) is 3.31. The molecule has 3 rings (SSSR count). The van der Waals surface area contributed by atoms with Crippen molar-refractivity contribution in [2.75, 3.05) is 5.32 Å². The molecule has 0 aliphatic carbocycles. The Hall–Kier alpha value is -2.28. The van der Waals surface area contributed by atoms with Crippen LogP contribution in [-0.2, 0) is 0 Å². The number of anilines is 1. The average Bonchev–Trinajstić information content (AvgIpc) is 2.95. The molecule has 1 aromatic heterocycles. The Morgan fingerprint density at radius 2 is 1.71 bits per heavy atom. The van der Waals surface area contributed by atoms with Crippen molar-refractivity contribution in [2.45, 2.75) is 0 Å². The van der Waals surface area contributed by atoms with Gasteiger partial charge < -0.3 is 5.32 Å². The molecule has 9 heteroatoms. The summed E-state index contributed by atoms with van der Waals surface area (Å²) < 4.78 is 1.09. The van der Waals surface area contributed by atoms with E-state index in [9.17, 15) is 9.59 Å². The Balaban J connectivity index is 1.89. The third-order valence-corrected chi connectivity index (χ3v) is 4.13. The molecule has 0 spiro atoms. The van der Waals surface area contributed by atoms with E-state index in [0.717, 1.165) is 4.68 Å². The molecule has 0 fully saturated rings. The Labute approximate surface area is 151 Å². The molecule has 1 heterocycles. The van der Waals surface area contributed by atoms with Crippen molar-refractivity contribution in [1.29, 1.82) is 0 Å². The SMILES string of the molecule is O=C(Nc1cc(Cl)c(Cl)cc1Cl)c1nn(-c2ccccc2)c(=O)[nH]1. The lowest BCUT2D eigenvalue weighted by Crippen LogP contribution is -2.16. The van der Waals surface area contributed by atoms with Gasteiger partial charge in [-0.05, 0) is 24.3 Å². The fourth-order valence-corrected chi connectivity index (χ4v) is 2.56. The number of carbonyl (C=O) groups is 1. The highest BCUT2D eigenvalue weighted by Gasteiger charge is 2.16. The fourth-order valence-electron chi connectivity index (χ4n) is 1.97. The van der Waals surface area contributed by atoms with E-state index >= 15 is 0 Å². The van der Waals surface area contributed by atoms with Crippen LogP contribution >= 0.6 is 34.8 Å². The molecule has 0 radical (unpaired) electrons. The summed E-state index contributed by atoms with van der Waals surface area (Å²) in [7, 11) is 0. The summed E-state index contributed by atoms with van der Waals surface area (Å²) in [6.45, 7) is 0. The van der Waals surface area contributed by atoms with Crippen molar-refractivity contribution < 1.29 is 4.79 Å². The number of H-pyrrole nitrogens is 1. The maximum atomic E-state index is 12.3. The molecule has 0 atom stereocenters. The highest BCUT2D eigenvalue weighted by Crippen LogP contribution is 2.32. The standard InChI is InChI=1S/C15H9Cl3N4O2/c16-9-6-11(18)12(7-10(9)17)19-14(23)13-20-15(24)22(21-13)8-4-2-1-3-5-8/h1-7H,(H,19,23)(H,20,21,24). The monoisotopic (exact) mass is 382 g/mol. The lowest BCUT2D eigenvalue weighted by Gasteiger charge is -2.07. The van der Waals surface area contributed by atoms with Gasteiger partial charge in [0, 0.05) is 0 Å². The zero-order valence-electron chi connectivity index (χ0n) is 11.9. The smallest absolute Gasteiger partial charge is 0.318 e. The number of nitrogens with one attached hydrogen (secondary N) is 2. The van der Waals surface area contributed by atoms with E-state index in [1.165, 1.54) is 12.1 Å². The number of aromatic amines is 1. The highest BCUT2D eigenvalue weighted by molar-refractivity contribution is 6.44. The van der Waals surface area contributed by atoms with Crippen molar-refractivity contribution >= 4 is 46.4 Å². The Morgan fingerprint density at radius 3 is 2.42 bits per heavy atom. The van der Waals surface area contributed by atoms with Crippen LogP contribution in [0, 0.1) is 0 Å². The van der Waals surface area contributed by atoms with E-state index in [-0.39, 0.29) is 26.6 Å². The predicted molar refractivity (Wildman–Crippen MR) is 93.6 cm³/mol. The first-order valence-electron chi connectivity index (χ1n) is 6.66. The first kappa shape index (κ1) is 16.6. The van der Waals surface area contributed by atoms with Crippen LogP contribution in [0.25, 0.3) is 5.69 Å². The van der Waals surface area contributed by atoms with Crippen LogP contribution in [0.2, 0.25) is 15.1 Å². The number of halogens is 3. The molecule has 0 saturated carbocycles. The molecule has 0 aliphatic rings. The Bertz CT molecular complexity index is 967.